The second-order valence-corrected chi connectivity index (χ2v) is 2.91. The fraction of sp³-hybridized carbons (Fsp3) is 0.750. The fourth-order valence-electron chi connectivity index (χ4n) is 1.79. The van der Waals surface area contributed by atoms with E-state index in [4.69, 9.17) is 4.74 Å². The minimum atomic E-state index is 0.472. The molecule has 0 N–H and O–H groups in total. The van der Waals surface area contributed by atoms with Crippen molar-refractivity contribution in [2.45, 2.75) is 32.0 Å². The van der Waals surface area contributed by atoms with Gasteiger partial charge in [0.15, 0.2) is 0 Å². The van der Waals surface area contributed by atoms with Crippen molar-refractivity contribution >= 4 is 0 Å². The quantitative estimate of drug-likeness (QED) is 0.484. The van der Waals surface area contributed by atoms with E-state index in [0.29, 0.717) is 12.2 Å². The van der Waals surface area contributed by atoms with Crippen LogP contribution in [0.2, 0.25) is 0 Å². The molecule has 9 heavy (non-hydrogen) atoms. The molecule has 0 saturated carbocycles. The summed E-state index contributed by atoms with van der Waals surface area (Å²) in [7, 11) is 0. The topological polar surface area (TPSA) is 9.23 Å². The summed E-state index contributed by atoms with van der Waals surface area (Å²) in [5, 5.41) is 0. The standard InChI is InChI=1S/C8H12O/c1-2-8-6-3-4-7(5-6)9-8/h3-4,6-8H,2,5H2,1H3. The average Bonchev–Trinajstić information content (AvgIpc) is 2.45. The van der Waals surface area contributed by atoms with E-state index < -0.39 is 0 Å². The highest BCUT2D eigenvalue weighted by Crippen LogP contribution is 2.35. The number of fused-ring (bicyclic) bond motifs is 2. The zero-order valence-electron chi connectivity index (χ0n) is 5.71. The van der Waals surface area contributed by atoms with Crippen LogP contribution in [0.15, 0.2) is 12.2 Å². The van der Waals surface area contributed by atoms with Crippen LogP contribution >= 0.6 is 0 Å². The molecule has 0 aromatic carbocycles. The molecule has 1 aliphatic carbocycles. The van der Waals surface area contributed by atoms with Gasteiger partial charge in [0.25, 0.3) is 0 Å². The highest BCUT2D eigenvalue weighted by molar-refractivity contribution is 5.10. The number of hydrogen-bond acceptors (Lipinski definition) is 1. The lowest BCUT2D eigenvalue weighted by Crippen LogP contribution is -2.15. The minimum Gasteiger partial charge on any atom is -0.370 e. The third-order valence-corrected chi connectivity index (χ3v) is 2.31. The maximum atomic E-state index is 5.62. The van der Waals surface area contributed by atoms with E-state index in [0.717, 1.165) is 5.92 Å². The van der Waals surface area contributed by atoms with E-state index in [1.165, 1.54) is 12.8 Å². The van der Waals surface area contributed by atoms with E-state index in [-0.39, 0.29) is 0 Å². The first kappa shape index (κ1) is 5.48. The number of rotatable bonds is 1. The van der Waals surface area contributed by atoms with Gasteiger partial charge in [0.05, 0.1) is 12.2 Å². The third kappa shape index (κ3) is 0.715. The van der Waals surface area contributed by atoms with Crippen molar-refractivity contribution in [2.75, 3.05) is 0 Å². The van der Waals surface area contributed by atoms with Gasteiger partial charge in [0.2, 0.25) is 0 Å². The highest BCUT2D eigenvalue weighted by atomic mass is 16.5. The van der Waals surface area contributed by atoms with Gasteiger partial charge in [-0.05, 0) is 12.8 Å². The van der Waals surface area contributed by atoms with Crippen molar-refractivity contribution in [3.05, 3.63) is 12.2 Å². The van der Waals surface area contributed by atoms with E-state index >= 15 is 0 Å². The number of hydrogen-bond donors (Lipinski definition) is 0. The average molecular weight is 124 g/mol. The summed E-state index contributed by atoms with van der Waals surface area (Å²) < 4.78 is 5.62. The van der Waals surface area contributed by atoms with Crippen LogP contribution in [0.4, 0.5) is 0 Å². The molecule has 1 heterocycles. The molecule has 3 atom stereocenters. The minimum absolute atomic E-state index is 0.472. The van der Waals surface area contributed by atoms with Gasteiger partial charge in [-0.3, -0.25) is 0 Å². The largest absolute Gasteiger partial charge is 0.370 e. The Balaban J connectivity index is 2.10. The predicted molar refractivity (Wildman–Crippen MR) is 36.2 cm³/mol. The van der Waals surface area contributed by atoms with Gasteiger partial charge in [-0.1, -0.05) is 19.1 Å². The van der Waals surface area contributed by atoms with Crippen molar-refractivity contribution in [1.82, 2.24) is 0 Å². The van der Waals surface area contributed by atoms with Gasteiger partial charge in [-0.15, -0.1) is 0 Å². The molecule has 2 aliphatic rings. The van der Waals surface area contributed by atoms with Crippen LogP contribution < -0.4 is 0 Å². The highest BCUT2D eigenvalue weighted by Gasteiger charge is 2.34. The Hall–Kier alpha value is -0.300. The first-order chi connectivity index (χ1) is 4.40. The molecule has 0 radical (unpaired) electrons. The summed E-state index contributed by atoms with van der Waals surface area (Å²) in [4.78, 5) is 0. The van der Waals surface area contributed by atoms with E-state index in [9.17, 15) is 0 Å². The monoisotopic (exact) mass is 124 g/mol. The molecule has 0 spiro atoms. The van der Waals surface area contributed by atoms with Gasteiger partial charge in [-0.2, -0.15) is 0 Å². The maximum Gasteiger partial charge on any atom is 0.0766 e. The van der Waals surface area contributed by atoms with Crippen LogP contribution in [0.5, 0.6) is 0 Å². The van der Waals surface area contributed by atoms with Crippen molar-refractivity contribution in [3.8, 4) is 0 Å². The smallest absolute Gasteiger partial charge is 0.0766 e. The van der Waals surface area contributed by atoms with E-state index in [1.807, 2.05) is 0 Å². The molecule has 50 valence electrons. The molecule has 0 aromatic rings. The summed E-state index contributed by atoms with van der Waals surface area (Å²) in [6.45, 7) is 2.19. The summed E-state index contributed by atoms with van der Waals surface area (Å²) in [6, 6.07) is 0. The normalized spacial score (nSPS) is 46.6. The molecule has 1 saturated heterocycles. The molecular formula is C8H12O. The van der Waals surface area contributed by atoms with Crippen molar-refractivity contribution < 1.29 is 4.74 Å². The van der Waals surface area contributed by atoms with Crippen molar-refractivity contribution in [2.24, 2.45) is 5.92 Å². The second kappa shape index (κ2) is 1.84. The number of ether oxygens (including phenoxy) is 1. The van der Waals surface area contributed by atoms with Crippen LogP contribution in [-0.2, 0) is 4.74 Å². The zero-order chi connectivity index (χ0) is 6.27. The second-order valence-electron chi connectivity index (χ2n) is 2.91. The Morgan fingerprint density at radius 3 is 2.78 bits per heavy atom. The summed E-state index contributed by atoms with van der Waals surface area (Å²) in [5.74, 6) is 0.750. The van der Waals surface area contributed by atoms with Crippen LogP contribution in [0.3, 0.4) is 0 Å². The van der Waals surface area contributed by atoms with Crippen LogP contribution in [0.25, 0.3) is 0 Å². The van der Waals surface area contributed by atoms with Gasteiger partial charge < -0.3 is 4.74 Å². The SMILES string of the molecule is CCC1OC2C=CC1C2. The summed E-state index contributed by atoms with van der Waals surface area (Å²) >= 11 is 0. The molecule has 2 rings (SSSR count). The van der Waals surface area contributed by atoms with Crippen molar-refractivity contribution in [3.63, 3.8) is 0 Å². The molecule has 1 aliphatic heterocycles. The first-order valence-corrected chi connectivity index (χ1v) is 3.74. The molecule has 0 amide bonds. The molecule has 0 aromatic heterocycles. The Labute approximate surface area is 55.7 Å². The maximum absolute atomic E-state index is 5.62. The summed E-state index contributed by atoms with van der Waals surface area (Å²) in [5.41, 5.74) is 0. The first-order valence-electron chi connectivity index (χ1n) is 3.74. The third-order valence-electron chi connectivity index (χ3n) is 2.31. The molecule has 1 heteroatoms. The lowest BCUT2D eigenvalue weighted by molar-refractivity contribution is 0.0530. The van der Waals surface area contributed by atoms with Crippen molar-refractivity contribution in [1.29, 1.82) is 0 Å². The van der Waals surface area contributed by atoms with Crippen LogP contribution in [0, 0.1) is 5.92 Å². The predicted octanol–water partition coefficient (Wildman–Crippen LogP) is 1.74. The van der Waals surface area contributed by atoms with Gasteiger partial charge in [0.1, 0.15) is 0 Å². The van der Waals surface area contributed by atoms with Gasteiger partial charge in [0, 0.05) is 5.92 Å². The van der Waals surface area contributed by atoms with Gasteiger partial charge in [-0.25, -0.2) is 0 Å². The van der Waals surface area contributed by atoms with Gasteiger partial charge >= 0.3 is 0 Å². The molecule has 1 nitrogen and oxygen atoms in total. The molecular weight excluding hydrogens is 112 g/mol. The van der Waals surface area contributed by atoms with Crippen LogP contribution in [-0.4, -0.2) is 12.2 Å². The Bertz CT molecular complexity index is 140. The molecule has 1 fully saturated rings. The molecule has 3 unspecified atom stereocenters. The molecule has 2 bridgehead atoms. The van der Waals surface area contributed by atoms with E-state index in [1.54, 1.807) is 0 Å². The Morgan fingerprint density at radius 2 is 2.44 bits per heavy atom. The lowest BCUT2D eigenvalue weighted by atomic mass is 10.0. The Kier molecular flexibility index (Phi) is 1.12. The Morgan fingerprint density at radius 1 is 1.56 bits per heavy atom. The van der Waals surface area contributed by atoms with Crippen LogP contribution in [0.1, 0.15) is 19.8 Å². The zero-order valence-corrected chi connectivity index (χ0v) is 5.71. The van der Waals surface area contributed by atoms with E-state index in [2.05, 4.69) is 19.1 Å². The summed E-state index contributed by atoms with van der Waals surface area (Å²) in [6.07, 6.45) is 7.93. The fourth-order valence-corrected chi connectivity index (χ4v) is 1.79. The lowest BCUT2D eigenvalue weighted by Gasteiger charge is -2.15.